The Bertz CT molecular complexity index is 240. The Kier molecular flexibility index (Phi) is 2.27. The first-order valence-corrected chi connectivity index (χ1v) is 5.27. The molecule has 2 bridgehead atoms. The molecule has 0 aliphatic carbocycles. The van der Waals surface area contributed by atoms with E-state index in [4.69, 9.17) is 5.11 Å². The first-order valence-electron chi connectivity index (χ1n) is 5.27. The van der Waals surface area contributed by atoms with E-state index in [1.54, 1.807) is 0 Å². The van der Waals surface area contributed by atoms with E-state index in [-0.39, 0.29) is 12.6 Å². The van der Waals surface area contributed by atoms with Crippen LogP contribution in [-0.4, -0.2) is 52.4 Å². The zero-order chi connectivity index (χ0) is 10.3. The van der Waals surface area contributed by atoms with Gasteiger partial charge in [0.2, 0.25) is 0 Å². The highest BCUT2D eigenvalue weighted by Crippen LogP contribution is 2.40. The van der Waals surface area contributed by atoms with Crippen LogP contribution in [0.5, 0.6) is 0 Å². The molecular weight excluding hydrogens is 182 g/mol. The number of hydrogen-bond acceptors (Lipinski definition) is 2. The van der Waals surface area contributed by atoms with Crippen molar-refractivity contribution in [3.63, 3.8) is 0 Å². The number of carboxylic acids is 1. The maximum absolute atomic E-state index is 10.8. The molecule has 2 atom stereocenters. The van der Waals surface area contributed by atoms with Crippen LogP contribution in [0.25, 0.3) is 0 Å². The molecule has 0 spiro atoms. The molecule has 0 aromatic carbocycles. The molecule has 14 heavy (non-hydrogen) atoms. The number of aliphatic hydroxyl groups excluding tert-OH is 1. The van der Waals surface area contributed by atoms with Gasteiger partial charge in [-0.3, -0.25) is 0 Å². The third kappa shape index (κ3) is 1.42. The monoisotopic (exact) mass is 200 g/mol. The van der Waals surface area contributed by atoms with Gasteiger partial charge in [-0.05, 0) is 0 Å². The molecule has 0 radical (unpaired) electrons. The van der Waals surface area contributed by atoms with Crippen molar-refractivity contribution in [3.8, 4) is 0 Å². The predicted octanol–water partition coefficient (Wildman–Crippen LogP) is 0.203. The van der Waals surface area contributed by atoms with Crippen molar-refractivity contribution in [2.45, 2.75) is 43.9 Å². The molecule has 2 rings (SSSR count). The van der Waals surface area contributed by atoms with Gasteiger partial charge in [-0.15, -0.1) is 0 Å². The van der Waals surface area contributed by atoms with Crippen LogP contribution in [0.1, 0.15) is 25.7 Å². The summed E-state index contributed by atoms with van der Waals surface area (Å²) >= 11 is 0. The van der Waals surface area contributed by atoms with Gasteiger partial charge in [0, 0.05) is 25.7 Å². The molecule has 0 aromatic rings. The van der Waals surface area contributed by atoms with Gasteiger partial charge in [0.1, 0.15) is 0 Å². The van der Waals surface area contributed by atoms with Crippen molar-refractivity contribution in [1.29, 1.82) is 0 Å². The summed E-state index contributed by atoms with van der Waals surface area (Å²) in [5, 5.41) is 18.5. The summed E-state index contributed by atoms with van der Waals surface area (Å²) in [6.07, 6.45) is 3.50. The molecule has 2 aliphatic rings. The lowest BCUT2D eigenvalue weighted by Gasteiger charge is -2.44. The lowest BCUT2D eigenvalue weighted by atomic mass is 9.97. The standard InChI is InChI=1S/C10H17NO3/c1-11(6-10(13)14)7-2-3-8(11)5-9(12)4-7/h7-9,12H,2-6H2,1H3/p+1/t7-,8-,9?,11?/m0/s1. The van der Waals surface area contributed by atoms with Crippen LogP contribution in [0.3, 0.4) is 0 Å². The lowest BCUT2D eigenvalue weighted by molar-refractivity contribution is -0.942. The highest BCUT2D eigenvalue weighted by Gasteiger charge is 2.51. The molecule has 2 heterocycles. The molecule has 0 unspecified atom stereocenters. The minimum absolute atomic E-state index is 0.201. The summed E-state index contributed by atoms with van der Waals surface area (Å²) in [5.41, 5.74) is 0. The molecule has 80 valence electrons. The highest BCUT2D eigenvalue weighted by atomic mass is 16.4. The molecule has 2 saturated heterocycles. The second kappa shape index (κ2) is 3.21. The molecule has 0 aromatic heterocycles. The maximum atomic E-state index is 10.8. The van der Waals surface area contributed by atoms with Gasteiger partial charge in [-0.25, -0.2) is 4.79 Å². The number of quaternary nitrogens is 1. The number of rotatable bonds is 2. The van der Waals surface area contributed by atoms with Gasteiger partial charge >= 0.3 is 5.97 Å². The summed E-state index contributed by atoms with van der Waals surface area (Å²) in [4.78, 5) is 10.8. The maximum Gasteiger partial charge on any atom is 0.359 e. The number of hydrogen-bond donors (Lipinski definition) is 2. The van der Waals surface area contributed by atoms with Crippen LogP contribution >= 0.6 is 0 Å². The van der Waals surface area contributed by atoms with Crippen LogP contribution in [-0.2, 0) is 4.79 Å². The van der Waals surface area contributed by atoms with E-state index in [9.17, 15) is 9.90 Å². The number of carboxylic acid groups (broad SMARTS) is 1. The van der Waals surface area contributed by atoms with Crippen LogP contribution in [0, 0.1) is 0 Å². The number of aliphatic hydroxyl groups is 1. The molecule has 0 amide bonds. The van der Waals surface area contributed by atoms with Gasteiger partial charge < -0.3 is 14.7 Å². The second-order valence-corrected chi connectivity index (χ2v) is 4.91. The molecule has 0 saturated carbocycles. The van der Waals surface area contributed by atoms with E-state index in [1.165, 1.54) is 0 Å². The van der Waals surface area contributed by atoms with Crippen molar-refractivity contribution in [2.24, 2.45) is 0 Å². The third-order valence-corrected chi connectivity index (χ3v) is 4.07. The van der Waals surface area contributed by atoms with Gasteiger partial charge in [-0.1, -0.05) is 0 Å². The van der Waals surface area contributed by atoms with Crippen LogP contribution in [0.15, 0.2) is 0 Å². The quantitative estimate of drug-likeness (QED) is 0.626. The van der Waals surface area contributed by atoms with E-state index in [2.05, 4.69) is 0 Å². The Hall–Kier alpha value is -0.610. The Balaban J connectivity index is 2.16. The summed E-state index contributed by atoms with van der Waals surface area (Å²) in [7, 11) is 2.03. The van der Waals surface area contributed by atoms with E-state index in [1.807, 2.05) is 7.05 Å². The fraction of sp³-hybridized carbons (Fsp3) is 0.900. The molecule has 2 N–H and O–H groups in total. The minimum Gasteiger partial charge on any atom is -0.477 e. The Morgan fingerprint density at radius 3 is 2.29 bits per heavy atom. The topological polar surface area (TPSA) is 57.5 Å². The Morgan fingerprint density at radius 1 is 1.36 bits per heavy atom. The Labute approximate surface area is 83.7 Å². The molecule has 4 heteroatoms. The number of aliphatic carboxylic acids is 1. The van der Waals surface area contributed by atoms with E-state index >= 15 is 0 Å². The minimum atomic E-state index is -0.721. The largest absolute Gasteiger partial charge is 0.477 e. The van der Waals surface area contributed by atoms with Crippen molar-refractivity contribution >= 4 is 5.97 Å². The summed E-state index contributed by atoms with van der Waals surface area (Å²) in [6.45, 7) is 0.210. The fourth-order valence-corrected chi connectivity index (χ4v) is 3.26. The van der Waals surface area contributed by atoms with Gasteiger partial charge in [0.05, 0.1) is 25.2 Å². The molecule has 2 aliphatic heterocycles. The Morgan fingerprint density at radius 2 is 1.86 bits per heavy atom. The van der Waals surface area contributed by atoms with Crippen LogP contribution < -0.4 is 0 Å². The smallest absolute Gasteiger partial charge is 0.359 e. The van der Waals surface area contributed by atoms with Gasteiger partial charge in [-0.2, -0.15) is 0 Å². The SMILES string of the molecule is C[N+]1(CC(=O)O)[C@H]2CC[C@H]1CC(O)C2. The van der Waals surface area contributed by atoms with E-state index < -0.39 is 5.97 Å². The first-order chi connectivity index (χ1) is 6.52. The first kappa shape index (κ1) is 9.93. The van der Waals surface area contributed by atoms with Crippen molar-refractivity contribution in [2.75, 3.05) is 13.6 Å². The van der Waals surface area contributed by atoms with Gasteiger partial charge in [0.25, 0.3) is 0 Å². The lowest BCUT2D eigenvalue weighted by Crippen LogP contribution is -2.60. The summed E-state index contributed by atoms with van der Waals surface area (Å²) in [6, 6.07) is 0.722. The highest BCUT2D eigenvalue weighted by molar-refractivity contribution is 5.68. The molecule has 2 fully saturated rings. The van der Waals surface area contributed by atoms with E-state index in [0.717, 1.165) is 25.7 Å². The normalized spacial score (nSPS) is 46.6. The molecular formula is C10H18NO3+. The second-order valence-electron chi connectivity index (χ2n) is 4.91. The summed E-state index contributed by atoms with van der Waals surface area (Å²) in [5.74, 6) is -0.721. The number of likely N-dealkylation sites (N-methyl/N-ethyl adjacent to an activating group) is 1. The van der Waals surface area contributed by atoms with Crippen molar-refractivity contribution < 1.29 is 19.5 Å². The van der Waals surface area contributed by atoms with Crippen molar-refractivity contribution in [3.05, 3.63) is 0 Å². The van der Waals surface area contributed by atoms with Crippen LogP contribution in [0.2, 0.25) is 0 Å². The zero-order valence-corrected chi connectivity index (χ0v) is 8.52. The fourth-order valence-electron chi connectivity index (χ4n) is 3.26. The van der Waals surface area contributed by atoms with Gasteiger partial charge in [0.15, 0.2) is 6.54 Å². The number of carbonyl (C=O) groups is 1. The average Bonchev–Trinajstić information content (AvgIpc) is 2.30. The number of nitrogens with zero attached hydrogens (tertiary/aromatic N) is 1. The van der Waals surface area contributed by atoms with Crippen molar-refractivity contribution in [1.82, 2.24) is 0 Å². The zero-order valence-electron chi connectivity index (χ0n) is 8.52. The van der Waals surface area contributed by atoms with E-state index in [0.29, 0.717) is 16.6 Å². The molecule has 4 nitrogen and oxygen atoms in total. The number of fused-ring (bicyclic) bond motifs is 2. The summed E-state index contributed by atoms with van der Waals surface area (Å²) < 4.78 is 0.645. The number of piperidine rings is 1. The predicted molar refractivity (Wildman–Crippen MR) is 50.7 cm³/mol. The third-order valence-electron chi connectivity index (χ3n) is 4.07. The average molecular weight is 200 g/mol. The van der Waals surface area contributed by atoms with Crippen LogP contribution in [0.4, 0.5) is 0 Å².